The average Bonchev–Trinajstić information content (AvgIpc) is 3.29. The Kier molecular flexibility index (Phi) is 8.75. The summed E-state index contributed by atoms with van der Waals surface area (Å²) in [4.78, 5) is 9.67. The van der Waals surface area contributed by atoms with E-state index in [0.29, 0.717) is 0 Å². The summed E-state index contributed by atoms with van der Waals surface area (Å²) in [6.45, 7) is 0. The van der Waals surface area contributed by atoms with Gasteiger partial charge in [-0.1, -0.05) is 164 Å². The number of benzene rings is 6. The maximum atomic E-state index is 5.17. The van der Waals surface area contributed by atoms with Crippen molar-refractivity contribution in [1.82, 2.24) is 20.9 Å². The highest BCUT2D eigenvalue weighted by molar-refractivity contribution is 5.99. The van der Waals surface area contributed by atoms with Crippen molar-refractivity contribution in [3.05, 3.63) is 233 Å². The van der Waals surface area contributed by atoms with Crippen molar-refractivity contribution in [1.29, 1.82) is 0 Å². The van der Waals surface area contributed by atoms with Gasteiger partial charge in [0.05, 0.1) is 11.7 Å². The molecule has 10 rings (SSSR count). The number of pyridine rings is 1. The van der Waals surface area contributed by atoms with Gasteiger partial charge in [0.2, 0.25) is 0 Å². The van der Waals surface area contributed by atoms with Crippen molar-refractivity contribution in [3.63, 3.8) is 0 Å². The minimum Gasteiger partial charge on any atom is -0.374 e. The topological polar surface area (TPSA) is 61.3 Å². The van der Waals surface area contributed by atoms with Crippen LogP contribution in [0.15, 0.2) is 205 Å². The van der Waals surface area contributed by atoms with Crippen LogP contribution in [0.3, 0.4) is 0 Å². The van der Waals surface area contributed by atoms with E-state index in [9.17, 15) is 0 Å². The first-order valence-corrected chi connectivity index (χ1v) is 19.2. The number of nitrogens with zero attached hydrogens (tertiary/aromatic N) is 2. The summed E-state index contributed by atoms with van der Waals surface area (Å²) >= 11 is 0. The predicted molar refractivity (Wildman–Crippen MR) is 229 cm³/mol. The molecule has 56 heavy (non-hydrogen) atoms. The lowest BCUT2D eigenvalue weighted by Gasteiger charge is -2.32. The van der Waals surface area contributed by atoms with Gasteiger partial charge in [-0.15, -0.1) is 0 Å². The van der Waals surface area contributed by atoms with Gasteiger partial charge in [0.1, 0.15) is 18.2 Å². The molecule has 3 N–H and O–H groups in total. The maximum Gasteiger partial charge on any atom is 0.131 e. The number of hydrogen-bond acceptors (Lipinski definition) is 5. The van der Waals surface area contributed by atoms with Crippen LogP contribution in [0.1, 0.15) is 34.6 Å². The summed E-state index contributed by atoms with van der Waals surface area (Å²) in [7, 11) is 0. The Labute approximate surface area is 326 Å². The number of allylic oxidation sites excluding steroid dienone is 2. The highest BCUT2D eigenvalue weighted by Gasteiger charge is 2.26. The van der Waals surface area contributed by atoms with Gasteiger partial charge in [-0.25, -0.2) is 4.99 Å². The van der Waals surface area contributed by atoms with Gasteiger partial charge in [-0.05, 0) is 85.1 Å². The van der Waals surface area contributed by atoms with Crippen molar-refractivity contribution in [2.45, 2.75) is 18.4 Å². The first-order valence-electron chi connectivity index (χ1n) is 19.2. The molecule has 0 radical (unpaired) electrons. The van der Waals surface area contributed by atoms with E-state index in [2.05, 4.69) is 197 Å². The Bertz CT molecular complexity index is 2750. The fourth-order valence-corrected chi connectivity index (χ4v) is 7.99. The van der Waals surface area contributed by atoms with Gasteiger partial charge in [-0.2, -0.15) is 0 Å². The Morgan fingerprint density at radius 3 is 1.73 bits per heavy atom. The normalized spacial score (nSPS) is 18.3. The minimum atomic E-state index is -0.223. The van der Waals surface area contributed by atoms with Crippen molar-refractivity contribution in [2.24, 2.45) is 4.99 Å². The van der Waals surface area contributed by atoms with E-state index in [0.717, 1.165) is 61.3 Å². The van der Waals surface area contributed by atoms with E-state index >= 15 is 0 Å². The molecule has 3 unspecified atom stereocenters. The summed E-state index contributed by atoms with van der Waals surface area (Å²) < 4.78 is 0. The second-order valence-electron chi connectivity index (χ2n) is 14.4. The number of rotatable bonds is 7. The zero-order chi connectivity index (χ0) is 37.3. The molecular weight excluding hydrogens is 683 g/mol. The highest BCUT2D eigenvalue weighted by atomic mass is 15.3. The van der Waals surface area contributed by atoms with E-state index in [1.165, 1.54) is 21.9 Å². The molecule has 1 aromatic heterocycles. The molecule has 5 heteroatoms. The van der Waals surface area contributed by atoms with Gasteiger partial charge >= 0.3 is 0 Å². The quantitative estimate of drug-likeness (QED) is 0.154. The van der Waals surface area contributed by atoms with E-state index in [4.69, 9.17) is 4.99 Å². The summed E-state index contributed by atoms with van der Waals surface area (Å²) in [5.74, 6) is 0.863. The van der Waals surface area contributed by atoms with Gasteiger partial charge < -0.3 is 10.6 Å². The van der Waals surface area contributed by atoms with Crippen molar-refractivity contribution in [3.8, 4) is 33.4 Å². The van der Waals surface area contributed by atoms with Crippen LogP contribution in [0, 0.1) is 0 Å². The van der Waals surface area contributed by atoms with Crippen LogP contribution in [-0.2, 0) is 0 Å². The monoisotopic (exact) mass is 721 g/mol. The molecule has 6 aromatic carbocycles. The lowest BCUT2D eigenvalue weighted by molar-refractivity contribution is 0.409. The lowest BCUT2D eigenvalue weighted by atomic mass is 9.92. The van der Waals surface area contributed by atoms with Crippen molar-refractivity contribution < 1.29 is 0 Å². The SMILES string of the molecule is C1=CC2=c3ccncc3=C(c3ccc(-c4cc(-c5ccc(-c6ccccc6)cc5)cc(C5NC(c6ccccc6)=NC(c6ccccc6)N5)c4)cc3)NC2C=C1. The standard InChI is InChI=1S/C51H39N5/c1-4-12-34(13-5-1)35-20-22-36(23-21-35)41-30-42(37-24-26-38(27-25-37)48-46-33-52-29-28-44(46)45-18-10-11-19-47(45)53-48)32-43(31-41)51-55-49(39-14-6-2-7-15-39)54-50(56-51)40-16-8-3-9-17-40/h1-33,47,49,51,53,55H,(H,54,56). The van der Waals surface area contributed by atoms with Crippen LogP contribution < -0.4 is 26.4 Å². The number of aliphatic imine (C=N–C) groups is 1. The molecule has 0 bridgehead atoms. The molecule has 2 aliphatic heterocycles. The van der Waals surface area contributed by atoms with E-state index < -0.39 is 0 Å². The van der Waals surface area contributed by atoms with Gasteiger partial charge in [0.25, 0.3) is 0 Å². The number of hydrogen-bond donors (Lipinski definition) is 3. The number of amidine groups is 1. The molecule has 3 heterocycles. The third kappa shape index (κ3) is 6.55. The Morgan fingerprint density at radius 2 is 1.05 bits per heavy atom. The molecule has 0 amide bonds. The highest BCUT2D eigenvalue weighted by Crippen LogP contribution is 2.34. The second-order valence-corrected chi connectivity index (χ2v) is 14.4. The third-order valence-corrected chi connectivity index (χ3v) is 10.9. The average molecular weight is 722 g/mol. The Morgan fingerprint density at radius 1 is 0.464 bits per heavy atom. The molecule has 0 fully saturated rings. The molecule has 3 aliphatic rings. The third-order valence-electron chi connectivity index (χ3n) is 10.9. The fraction of sp³-hybridized carbons (Fsp3) is 0.0588. The molecule has 5 nitrogen and oxygen atoms in total. The fourth-order valence-electron chi connectivity index (χ4n) is 7.99. The maximum absolute atomic E-state index is 5.17. The Balaban J connectivity index is 1.07. The lowest BCUT2D eigenvalue weighted by Crippen LogP contribution is -2.45. The number of nitrogens with one attached hydrogen (secondary N) is 3. The van der Waals surface area contributed by atoms with E-state index in [1.807, 2.05) is 24.5 Å². The van der Waals surface area contributed by atoms with Crippen LogP contribution in [0.2, 0.25) is 0 Å². The number of aromatic nitrogens is 1. The summed E-state index contributed by atoms with van der Waals surface area (Å²) in [5, 5.41) is 13.7. The first-order chi connectivity index (χ1) is 27.7. The van der Waals surface area contributed by atoms with Crippen LogP contribution in [0.25, 0.3) is 44.7 Å². The van der Waals surface area contributed by atoms with Gasteiger partial charge in [0.15, 0.2) is 0 Å². The van der Waals surface area contributed by atoms with Crippen molar-refractivity contribution >= 4 is 17.1 Å². The second kappa shape index (κ2) is 14.6. The van der Waals surface area contributed by atoms with Crippen LogP contribution in [0.4, 0.5) is 0 Å². The largest absolute Gasteiger partial charge is 0.374 e. The Hall–Kier alpha value is -7.08. The molecule has 1 aliphatic carbocycles. The smallest absolute Gasteiger partial charge is 0.131 e. The van der Waals surface area contributed by atoms with Crippen LogP contribution in [-0.4, -0.2) is 16.9 Å². The number of fused-ring (bicyclic) bond motifs is 2. The zero-order valence-electron chi connectivity index (χ0n) is 30.7. The molecule has 7 aromatic rings. The molecule has 268 valence electrons. The zero-order valence-corrected chi connectivity index (χ0v) is 30.7. The molecule has 3 atom stereocenters. The summed E-state index contributed by atoms with van der Waals surface area (Å²) in [6.07, 6.45) is 12.1. The summed E-state index contributed by atoms with van der Waals surface area (Å²) in [6, 6.07) is 58.4. The van der Waals surface area contributed by atoms with Crippen LogP contribution >= 0.6 is 0 Å². The molecule has 0 saturated heterocycles. The van der Waals surface area contributed by atoms with Crippen LogP contribution in [0.5, 0.6) is 0 Å². The molecule has 0 saturated carbocycles. The predicted octanol–water partition coefficient (Wildman–Crippen LogP) is 8.82. The van der Waals surface area contributed by atoms with Crippen molar-refractivity contribution in [2.75, 3.05) is 0 Å². The minimum absolute atomic E-state index is 0.122. The van der Waals surface area contributed by atoms with E-state index in [1.54, 1.807) is 0 Å². The van der Waals surface area contributed by atoms with E-state index in [-0.39, 0.29) is 18.4 Å². The summed E-state index contributed by atoms with van der Waals surface area (Å²) in [5.41, 5.74) is 13.8. The van der Waals surface area contributed by atoms with Gasteiger partial charge in [-0.3, -0.25) is 10.3 Å². The first kappa shape index (κ1) is 33.5. The molecular formula is C51H39N5. The van der Waals surface area contributed by atoms with Gasteiger partial charge in [0, 0.05) is 23.2 Å². The molecule has 0 spiro atoms.